The summed E-state index contributed by atoms with van der Waals surface area (Å²) in [6.45, 7) is 5.56. The molecule has 0 N–H and O–H groups in total. The van der Waals surface area contributed by atoms with Crippen LogP contribution in [0.25, 0.3) is 0 Å². The molecule has 0 aliphatic carbocycles. The number of ether oxygens (including phenoxy) is 2. The normalized spacial score (nSPS) is 17.4. The summed E-state index contributed by atoms with van der Waals surface area (Å²) in [5, 5.41) is 0. The highest BCUT2D eigenvalue weighted by Gasteiger charge is 2.26. The van der Waals surface area contributed by atoms with Gasteiger partial charge in [0, 0.05) is 19.5 Å². The molecule has 1 aliphatic heterocycles. The van der Waals surface area contributed by atoms with Crippen molar-refractivity contribution < 1.29 is 14.3 Å². The van der Waals surface area contributed by atoms with Crippen LogP contribution in [0.15, 0.2) is 54.6 Å². The molecule has 3 rings (SSSR count). The van der Waals surface area contributed by atoms with E-state index in [1.165, 1.54) is 11.1 Å². The van der Waals surface area contributed by atoms with Gasteiger partial charge in [0.15, 0.2) is 0 Å². The first-order valence-electron chi connectivity index (χ1n) is 9.90. The highest BCUT2D eigenvalue weighted by atomic mass is 16.5. The molecule has 1 aliphatic rings. The number of benzene rings is 2. The molecule has 0 saturated carbocycles. The quantitative estimate of drug-likeness (QED) is 0.663. The Balaban J connectivity index is 1.51. The van der Waals surface area contributed by atoms with Crippen molar-refractivity contribution in [3.05, 3.63) is 65.7 Å². The first-order valence-corrected chi connectivity index (χ1v) is 9.90. The molecule has 0 bridgehead atoms. The van der Waals surface area contributed by atoms with Gasteiger partial charge in [0.05, 0.1) is 12.5 Å². The fourth-order valence-corrected chi connectivity index (χ4v) is 3.60. The molecule has 1 atom stereocenters. The fraction of sp³-hybridized carbons (Fsp3) is 0.435. The van der Waals surface area contributed by atoms with Crippen molar-refractivity contribution >= 4 is 5.97 Å². The molecule has 27 heavy (non-hydrogen) atoms. The summed E-state index contributed by atoms with van der Waals surface area (Å²) < 4.78 is 11.3. The Bertz CT molecular complexity index is 717. The van der Waals surface area contributed by atoms with E-state index in [1.807, 2.05) is 25.1 Å². The minimum absolute atomic E-state index is 0.00377. The summed E-state index contributed by atoms with van der Waals surface area (Å²) in [5.74, 6) is 0.890. The Labute approximate surface area is 162 Å². The maximum absolute atomic E-state index is 12.0. The van der Waals surface area contributed by atoms with Crippen molar-refractivity contribution in [2.75, 3.05) is 32.8 Å². The van der Waals surface area contributed by atoms with E-state index in [2.05, 4.69) is 41.3 Å². The van der Waals surface area contributed by atoms with Gasteiger partial charge in [-0.05, 0) is 43.5 Å². The van der Waals surface area contributed by atoms with Gasteiger partial charge in [0.25, 0.3) is 0 Å². The molecular weight excluding hydrogens is 338 g/mol. The second-order valence-corrected chi connectivity index (χ2v) is 7.01. The Kier molecular flexibility index (Phi) is 7.28. The topological polar surface area (TPSA) is 38.8 Å². The predicted octanol–water partition coefficient (Wildman–Crippen LogP) is 3.93. The lowest BCUT2D eigenvalue weighted by atomic mass is 9.98. The third kappa shape index (κ3) is 5.83. The van der Waals surface area contributed by atoms with Crippen LogP contribution in [0.5, 0.6) is 5.75 Å². The van der Waals surface area contributed by atoms with Crippen LogP contribution in [0.3, 0.4) is 0 Å². The first kappa shape index (κ1) is 19.4. The molecule has 4 nitrogen and oxygen atoms in total. The molecule has 0 spiro atoms. The van der Waals surface area contributed by atoms with Crippen LogP contribution >= 0.6 is 0 Å². The summed E-state index contributed by atoms with van der Waals surface area (Å²) in [4.78, 5) is 14.3. The van der Waals surface area contributed by atoms with E-state index in [0.29, 0.717) is 13.2 Å². The number of nitrogens with zero attached hydrogens (tertiary/aromatic N) is 1. The van der Waals surface area contributed by atoms with E-state index in [1.54, 1.807) is 0 Å². The van der Waals surface area contributed by atoms with E-state index >= 15 is 0 Å². The number of likely N-dealkylation sites (tertiary alicyclic amines) is 1. The van der Waals surface area contributed by atoms with Gasteiger partial charge < -0.3 is 9.47 Å². The van der Waals surface area contributed by atoms with E-state index in [9.17, 15) is 4.79 Å². The average Bonchev–Trinajstić information content (AvgIpc) is 2.70. The van der Waals surface area contributed by atoms with Crippen molar-refractivity contribution in [1.82, 2.24) is 4.90 Å². The highest BCUT2D eigenvalue weighted by molar-refractivity contribution is 5.72. The van der Waals surface area contributed by atoms with Crippen molar-refractivity contribution in [1.29, 1.82) is 0 Å². The van der Waals surface area contributed by atoms with E-state index in [-0.39, 0.29) is 11.9 Å². The molecule has 1 unspecified atom stereocenters. The Hall–Kier alpha value is -2.33. The molecule has 1 heterocycles. The summed E-state index contributed by atoms with van der Waals surface area (Å²) >= 11 is 0. The third-order valence-corrected chi connectivity index (χ3v) is 5.00. The Morgan fingerprint density at radius 2 is 1.89 bits per heavy atom. The highest BCUT2D eigenvalue weighted by Crippen LogP contribution is 2.22. The smallest absolute Gasteiger partial charge is 0.310 e. The maximum Gasteiger partial charge on any atom is 0.310 e. The monoisotopic (exact) mass is 367 g/mol. The number of hydrogen-bond donors (Lipinski definition) is 0. The second kappa shape index (κ2) is 10.1. The Morgan fingerprint density at radius 3 is 2.70 bits per heavy atom. The van der Waals surface area contributed by atoms with Gasteiger partial charge in [-0.25, -0.2) is 0 Å². The molecule has 144 valence electrons. The van der Waals surface area contributed by atoms with Crippen LogP contribution < -0.4 is 4.74 Å². The largest absolute Gasteiger partial charge is 0.492 e. The van der Waals surface area contributed by atoms with E-state index in [0.717, 1.165) is 44.6 Å². The van der Waals surface area contributed by atoms with Crippen molar-refractivity contribution in [2.45, 2.75) is 26.2 Å². The van der Waals surface area contributed by atoms with Gasteiger partial charge in [0.2, 0.25) is 0 Å². The average molecular weight is 367 g/mol. The SMILES string of the molecule is CCOC(=O)C1CCCN(CCOc2ccccc2Cc2ccccc2)C1. The van der Waals surface area contributed by atoms with Gasteiger partial charge in [-0.15, -0.1) is 0 Å². The van der Waals surface area contributed by atoms with E-state index in [4.69, 9.17) is 9.47 Å². The summed E-state index contributed by atoms with van der Waals surface area (Å²) in [6.07, 6.45) is 2.83. The van der Waals surface area contributed by atoms with Gasteiger partial charge in [-0.2, -0.15) is 0 Å². The zero-order valence-corrected chi connectivity index (χ0v) is 16.1. The number of carbonyl (C=O) groups excluding carboxylic acids is 1. The molecule has 1 saturated heterocycles. The molecule has 2 aromatic rings. The van der Waals surface area contributed by atoms with Crippen LogP contribution in [-0.2, 0) is 16.0 Å². The van der Waals surface area contributed by atoms with E-state index < -0.39 is 0 Å². The lowest BCUT2D eigenvalue weighted by Crippen LogP contribution is -2.41. The summed E-state index contributed by atoms with van der Waals surface area (Å²) in [5.41, 5.74) is 2.48. The number of hydrogen-bond acceptors (Lipinski definition) is 4. The number of piperidine rings is 1. The van der Waals surface area contributed by atoms with Gasteiger partial charge in [-0.3, -0.25) is 9.69 Å². The molecule has 4 heteroatoms. The van der Waals surface area contributed by atoms with Gasteiger partial charge >= 0.3 is 5.97 Å². The number of carbonyl (C=O) groups is 1. The predicted molar refractivity (Wildman–Crippen MR) is 107 cm³/mol. The zero-order valence-electron chi connectivity index (χ0n) is 16.1. The minimum atomic E-state index is -0.0590. The summed E-state index contributed by atoms with van der Waals surface area (Å²) in [6, 6.07) is 18.7. The molecule has 0 radical (unpaired) electrons. The number of esters is 1. The van der Waals surface area contributed by atoms with Crippen molar-refractivity contribution in [3.8, 4) is 5.75 Å². The maximum atomic E-state index is 12.0. The lowest BCUT2D eigenvalue weighted by Gasteiger charge is -2.31. The van der Waals surface area contributed by atoms with Crippen LogP contribution in [-0.4, -0.2) is 43.7 Å². The molecule has 0 amide bonds. The number of para-hydroxylation sites is 1. The molecule has 2 aromatic carbocycles. The van der Waals surface area contributed by atoms with Crippen LogP contribution in [0, 0.1) is 5.92 Å². The fourth-order valence-electron chi connectivity index (χ4n) is 3.60. The Morgan fingerprint density at radius 1 is 1.11 bits per heavy atom. The second-order valence-electron chi connectivity index (χ2n) is 7.01. The first-order chi connectivity index (χ1) is 13.3. The lowest BCUT2D eigenvalue weighted by molar-refractivity contribution is -0.150. The van der Waals surface area contributed by atoms with Crippen LogP contribution in [0.2, 0.25) is 0 Å². The number of rotatable bonds is 8. The van der Waals surface area contributed by atoms with Crippen LogP contribution in [0.4, 0.5) is 0 Å². The molecular formula is C23H29NO3. The molecule has 0 aromatic heterocycles. The van der Waals surface area contributed by atoms with Gasteiger partial charge in [0.1, 0.15) is 12.4 Å². The summed E-state index contributed by atoms with van der Waals surface area (Å²) in [7, 11) is 0. The van der Waals surface area contributed by atoms with Gasteiger partial charge in [-0.1, -0.05) is 48.5 Å². The van der Waals surface area contributed by atoms with Crippen LogP contribution in [0.1, 0.15) is 30.9 Å². The third-order valence-electron chi connectivity index (χ3n) is 5.00. The zero-order chi connectivity index (χ0) is 18.9. The minimum Gasteiger partial charge on any atom is -0.492 e. The van der Waals surface area contributed by atoms with Crippen molar-refractivity contribution in [3.63, 3.8) is 0 Å². The standard InChI is InChI=1S/C23H29NO3/c1-2-26-23(25)21-12-8-14-24(18-21)15-16-27-22-13-7-6-11-20(22)17-19-9-4-3-5-10-19/h3-7,9-11,13,21H,2,8,12,14-18H2,1H3. The van der Waals surface area contributed by atoms with Crippen molar-refractivity contribution in [2.24, 2.45) is 5.92 Å². The molecule has 1 fully saturated rings.